The van der Waals surface area contributed by atoms with E-state index in [9.17, 15) is 9.59 Å². The van der Waals surface area contributed by atoms with Crippen molar-refractivity contribution in [2.24, 2.45) is 0 Å². The summed E-state index contributed by atoms with van der Waals surface area (Å²) in [6, 6.07) is 0. The lowest BCUT2D eigenvalue weighted by Gasteiger charge is -2.15. The zero-order chi connectivity index (χ0) is 9.30. The van der Waals surface area contributed by atoms with Crippen molar-refractivity contribution in [2.45, 2.75) is 18.3 Å². The maximum atomic E-state index is 10.6. The summed E-state index contributed by atoms with van der Waals surface area (Å²) < 4.78 is 4.29. The van der Waals surface area contributed by atoms with Crippen LogP contribution in [0.15, 0.2) is 0 Å². The number of carbonyl (C=O) groups excluding carboxylic acids is 2. The number of hydrogen-bond acceptors (Lipinski definition) is 6. The Bertz CT molecular complexity index is 212. The molecule has 0 amide bonds. The van der Waals surface area contributed by atoms with Crippen LogP contribution in [0.5, 0.6) is 0 Å². The minimum atomic E-state index is -1.67. The summed E-state index contributed by atoms with van der Waals surface area (Å²) >= 11 is 0. The number of cyclic esters (lactones) is 1. The molecule has 0 aromatic heterocycles. The maximum absolute atomic E-state index is 10.6. The summed E-state index contributed by atoms with van der Waals surface area (Å²) in [6.07, 6.45) is -4.43. The van der Waals surface area contributed by atoms with Crippen molar-refractivity contribution in [1.82, 2.24) is 0 Å². The molecule has 1 rings (SSSR count). The second-order valence-electron chi connectivity index (χ2n) is 2.43. The van der Waals surface area contributed by atoms with Crippen molar-refractivity contribution >= 4 is 11.8 Å². The summed E-state index contributed by atoms with van der Waals surface area (Å²) in [5.74, 6) is -2.27. The topological polar surface area (TPSA) is 104 Å². The van der Waals surface area contributed by atoms with Crippen LogP contribution in [0.1, 0.15) is 0 Å². The van der Waals surface area contributed by atoms with Gasteiger partial charge in [-0.2, -0.15) is 0 Å². The van der Waals surface area contributed by atoms with Crippen molar-refractivity contribution in [1.29, 1.82) is 0 Å². The van der Waals surface area contributed by atoms with E-state index < -0.39 is 36.7 Å². The number of hydrogen-bond donors (Lipinski definition) is 3. The zero-order valence-electron chi connectivity index (χ0n) is 6.01. The third-order valence-corrected chi connectivity index (χ3v) is 1.59. The van der Waals surface area contributed by atoms with Crippen LogP contribution >= 0.6 is 0 Å². The molecule has 0 aliphatic carbocycles. The fraction of sp³-hybridized carbons (Fsp3) is 0.667. The molecule has 12 heavy (non-hydrogen) atoms. The molecule has 1 aliphatic heterocycles. The lowest BCUT2D eigenvalue weighted by atomic mass is 10.1. The minimum Gasteiger partial charge on any atom is -0.450 e. The van der Waals surface area contributed by atoms with Gasteiger partial charge in [0.05, 0.1) is 6.61 Å². The first-order chi connectivity index (χ1) is 5.57. The van der Waals surface area contributed by atoms with Crippen LogP contribution in [-0.2, 0) is 14.3 Å². The Morgan fingerprint density at radius 1 is 1.50 bits per heavy atom. The monoisotopic (exact) mass is 176 g/mol. The molecule has 6 heteroatoms. The van der Waals surface area contributed by atoms with Gasteiger partial charge in [0.1, 0.15) is 6.10 Å². The second-order valence-corrected chi connectivity index (χ2v) is 2.43. The highest BCUT2D eigenvalue weighted by Gasteiger charge is 2.45. The number of ketones is 1. The minimum absolute atomic E-state index is 0.678. The summed E-state index contributed by atoms with van der Waals surface area (Å²) in [4.78, 5) is 21.1. The molecule has 3 atom stereocenters. The molecule has 3 N–H and O–H groups in total. The molecule has 0 radical (unpaired) electrons. The van der Waals surface area contributed by atoms with Gasteiger partial charge in [0.15, 0.2) is 12.2 Å². The van der Waals surface area contributed by atoms with Crippen molar-refractivity contribution in [3.63, 3.8) is 0 Å². The number of aliphatic hydroxyl groups excluding tert-OH is 3. The van der Waals surface area contributed by atoms with Gasteiger partial charge < -0.3 is 20.1 Å². The molecule has 1 saturated heterocycles. The Kier molecular flexibility index (Phi) is 2.41. The van der Waals surface area contributed by atoms with Crippen molar-refractivity contribution in [3.8, 4) is 0 Å². The molecule has 0 spiro atoms. The smallest absolute Gasteiger partial charge is 0.378 e. The average Bonchev–Trinajstić information content (AvgIpc) is 2.32. The Morgan fingerprint density at radius 3 is 2.42 bits per heavy atom. The van der Waals surface area contributed by atoms with Crippen molar-refractivity contribution in [3.05, 3.63) is 0 Å². The lowest BCUT2D eigenvalue weighted by molar-refractivity contribution is -0.152. The van der Waals surface area contributed by atoms with E-state index in [1.165, 1.54) is 0 Å². The number of rotatable bonds is 2. The summed E-state index contributed by atoms with van der Waals surface area (Å²) in [5.41, 5.74) is 0. The Hall–Kier alpha value is -0.980. The molecule has 1 aliphatic rings. The van der Waals surface area contributed by atoms with Crippen molar-refractivity contribution < 1.29 is 29.6 Å². The first kappa shape index (κ1) is 9.11. The quantitative estimate of drug-likeness (QED) is 0.310. The molecule has 0 aromatic rings. The molecule has 6 nitrogen and oxygen atoms in total. The van der Waals surface area contributed by atoms with Gasteiger partial charge in [-0.3, -0.25) is 4.79 Å². The van der Waals surface area contributed by atoms with E-state index in [-0.39, 0.29) is 0 Å². The second kappa shape index (κ2) is 3.18. The molecule has 68 valence electrons. The highest BCUT2D eigenvalue weighted by Crippen LogP contribution is 2.14. The molecule has 0 saturated carbocycles. The van der Waals surface area contributed by atoms with Gasteiger partial charge >= 0.3 is 5.97 Å². The predicted molar refractivity (Wildman–Crippen MR) is 34.0 cm³/mol. The van der Waals surface area contributed by atoms with Crippen LogP contribution in [0.2, 0.25) is 0 Å². The van der Waals surface area contributed by atoms with E-state index in [2.05, 4.69) is 4.74 Å². The molecule has 1 heterocycles. The first-order valence-electron chi connectivity index (χ1n) is 3.29. The summed E-state index contributed by atoms with van der Waals surface area (Å²) in [5, 5.41) is 26.3. The number of carbonyl (C=O) groups is 2. The van der Waals surface area contributed by atoms with Crippen molar-refractivity contribution in [2.75, 3.05) is 6.61 Å². The van der Waals surface area contributed by atoms with Gasteiger partial charge in [-0.1, -0.05) is 0 Å². The maximum Gasteiger partial charge on any atom is 0.378 e. The summed E-state index contributed by atoms with van der Waals surface area (Å²) in [7, 11) is 0. The van der Waals surface area contributed by atoms with Gasteiger partial charge in [0.2, 0.25) is 0 Å². The molecular weight excluding hydrogens is 168 g/mol. The zero-order valence-corrected chi connectivity index (χ0v) is 6.01. The third-order valence-electron chi connectivity index (χ3n) is 1.59. The normalized spacial score (nSPS) is 31.9. The van der Waals surface area contributed by atoms with Gasteiger partial charge in [0, 0.05) is 0 Å². The molecule has 0 unspecified atom stereocenters. The van der Waals surface area contributed by atoms with Crippen LogP contribution in [-0.4, -0.2) is 52.0 Å². The Morgan fingerprint density at radius 2 is 2.08 bits per heavy atom. The van der Waals surface area contributed by atoms with E-state index in [1.807, 2.05) is 0 Å². The van der Waals surface area contributed by atoms with Gasteiger partial charge in [0.25, 0.3) is 5.78 Å². The van der Waals surface area contributed by atoms with Gasteiger partial charge in [-0.15, -0.1) is 0 Å². The Labute approximate surface area is 67.4 Å². The van der Waals surface area contributed by atoms with Crippen LogP contribution in [0, 0.1) is 0 Å². The van der Waals surface area contributed by atoms with E-state index in [0.717, 1.165) is 0 Å². The molecule has 0 bridgehead atoms. The molecular formula is C6H8O6. The number of aliphatic hydroxyl groups is 3. The van der Waals surface area contributed by atoms with E-state index in [4.69, 9.17) is 15.3 Å². The Balaban J connectivity index is 2.70. The van der Waals surface area contributed by atoms with E-state index >= 15 is 0 Å². The highest BCUT2D eigenvalue weighted by atomic mass is 16.6. The van der Waals surface area contributed by atoms with Crippen LogP contribution in [0.4, 0.5) is 0 Å². The van der Waals surface area contributed by atoms with Crippen LogP contribution in [0.25, 0.3) is 0 Å². The van der Waals surface area contributed by atoms with Gasteiger partial charge in [-0.25, -0.2) is 4.79 Å². The van der Waals surface area contributed by atoms with Gasteiger partial charge in [-0.05, 0) is 0 Å². The molecule has 0 aromatic carbocycles. The highest BCUT2D eigenvalue weighted by molar-refractivity contribution is 6.37. The van der Waals surface area contributed by atoms with E-state index in [1.54, 1.807) is 0 Å². The SMILES string of the molecule is O=C1O[C@H]([C@@H](O)CO)[C@H](O)C1=O. The molecule has 1 fully saturated rings. The largest absolute Gasteiger partial charge is 0.450 e. The predicted octanol–water partition coefficient (Wildman–Crippen LogP) is -2.81. The first-order valence-corrected chi connectivity index (χ1v) is 3.29. The lowest BCUT2D eigenvalue weighted by Crippen LogP contribution is -2.38. The number of esters is 1. The number of ether oxygens (including phenoxy) is 1. The van der Waals surface area contributed by atoms with Crippen LogP contribution in [0.3, 0.4) is 0 Å². The fourth-order valence-corrected chi connectivity index (χ4v) is 0.909. The number of Topliss-reactive ketones (excluding diaryl/α,β-unsaturated/α-hetero) is 1. The third kappa shape index (κ3) is 1.31. The van der Waals surface area contributed by atoms with E-state index in [0.29, 0.717) is 0 Å². The standard InChI is InChI=1S/C6H8O6/c7-1-2(8)5-3(9)4(10)6(11)12-5/h2-3,5,7-9H,1H2/t2-,3+,5+/m0/s1. The average molecular weight is 176 g/mol. The summed E-state index contributed by atoms with van der Waals surface area (Å²) in [6.45, 7) is -0.678. The fourth-order valence-electron chi connectivity index (χ4n) is 0.909. The van der Waals surface area contributed by atoms with Crippen LogP contribution < -0.4 is 0 Å².